The first-order valence-electron chi connectivity index (χ1n) is 6.90. The largest absolute Gasteiger partial charge is 0.343 e. The van der Waals surface area contributed by atoms with Crippen molar-refractivity contribution in [3.8, 4) is 0 Å². The van der Waals surface area contributed by atoms with Crippen LogP contribution in [0.2, 0.25) is 0 Å². The van der Waals surface area contributed by atoms with E-state index >= 15 is 0 Å². The van der Waals surface area contributed by atoms with Crippen molar-refractivity contribution < 1.29 is 14.4 Å². The number of carbonyl (C=O) groups is 3. The van der Waals surface area contributed by atoms with Crippen LogP contribution in [-0.2, 0) is 4.79 Å². The van der Waals surface area contributed by atoms with E-state index in [0.29, 0.717) is 16.8 Å². The van der Waals surface area contributed by atoms with Crippen LogP contribution in [0.25, 0.3) is 0 Å². The molecule has 0 unspecified atom stereocenters. The van der Waals surface area contributed by atoms with Crippen molar-refractivity contribution in [3.05, 3.63) is 64.1 Å². The number of nitrogens with one attached hydrogen (secondary N) is 2. The molecule has 0 fully saturated rings. The van der Waals surface area contributed by atoms with Crippen molar-refractivity contribution in [2.75, 3.05) is 11.9 Å². The Hall–Kier alpha value is -2.47. The molecular formula is C17H15BrN2O3. The average Bonchev–Trinajstić information content (AvgIpc) is 2.53. The minimum atomic E-state index is -0.344. The summed E-state index contributed by atoms with van der Waals surface area (Å²) in [6.07, 6.45) is 0. The molecule has 0 spiro atoms. The normalized spacial score (nSPS) is 10.0. The zero-order valence-corrected chi connectivity index (χ0v) is 14.0. The van der Waals surface area contributed by atoms with Gasteiger partial charge in [0, 0.05) is 21.3 Å². The van der Waals surface area contributed by atoms with Crippen molar-refractivity contribution in [2.45, 2.75) is 6.92 Å². The van der Waals surface area contributed by atoms with E-state index in [1.165, 1.54) is 6.92 Å². The second-order valence-corrected chi connectivity index (χ2v) is 5.79. The highest BCUT2D eigenvalue weighted by Gasteiger charge is 2.09. The van der Waals surface area contributed by atoms with Gasteiger partial charge in [0.15, 0.2) is 5.78 Å². The number of rotatable bonds is 5. The molecule has 0 atom stereocenters. The van der Waals surface area contributed by atoms with Gasteiger partial charge in [-0.15, -0.1) is 0 Å². The van der Waals surface area contributed by atoms with Crippen molar-refractivity contribution >= 4 is 39.2 Å². The first kappa shape index (κ1) is 16.9. The highest BCUT2D eigenvalue weighted by atomic mass is 79.9. The molecule has 0 aromatic heterocycles. The van der Waals surface area contributed by atoms with E-state index in [1.807, 2.05) is 6.07 Å². The van der Waals surface area contributed by atoms with Gasteiger partial charge in [-0.05, 0) is 49.4 Å². The molecule has 6 heteroatoms. The average molecular weight is 375 g/mol. The van der Waals surface area contributed by atoms with Gasteiger partial charge in [0.1, 0.15) is 0 Å². The fraction of sp³-hybridized carbons (Fsp3) is 0.118. The Bertz CT molecular complexity index is 742. The topological polar surface area (TPSA) is 75.3 Å². The standard InChI is InChI=1S/C17H15BrN2O3/c1-11(21)12-5-7-15(8-6-12)20-16(22)10-19-17(23)13-3-2-4-14(18)9-13/h2-9H,10H2,1H3,(H,19,23)(H,20,22). The summed E-state index contributed by atoms with van der Waals surface area (Å²) in [7, 11) is 0. The van der Waals surface area contributed by atoms with Crippen LogP contribution in [0.4, 0.5) is 5.69 Å². The van der Waals surface area contributed by atoms with Crippen molar-refractivity contribution in [3.63, 3.8) is 0 Å². The minimum Gasteiger partial charge on any atom is -0.343 e. The van der Waals surface area contributed by atoms with Crippen LogP contribution in [0.3, 0.4) is 0 Å². The molecule has 0 aliphatic carbocycles. The molecule has 0 radical (unpaired) electrons. The summed E-state index contributed by atoms with van der Waals surface area (Å²) >= 11 is 3.29. The molecule has 0 bridgehead atoms. The van der Waals surface area contributed by atoms with E-state index < -0.39 is 0 Å². The van der Waals surface area contributed by atoms with E-state index in [1.54, 1.807) is 42.5 Å². The molecule has 0 aliphatic heterocycles. The van der Waals surface area contributed by atoms with E-state index in [9.17, 15) is 14.4 Å². The number of carbonyl (C=O) groups excluding carboxylic acids is 3. The van der Waals surface area contributed by atoms with Gasteiger partial charge in [-0.2, -0.15) is 0 Å². The van der Waals surface area contributed by atoms with Gasteiger partial charge in [0.05, 0.1) is 6.54 Å². The number of amides is 2. The lowest BCUT2D eigenvalue weighted by atomic mass is 10.1. The fourth-order valence-corrected chi connectivity index (χ4v) is 2.29. The monoisotopic (exact) mass is 374 g/mol. The molecule has 2 aromatic carbocycles. The lowest BCUT2D eigenvalue weighted by molar-refractivity contribution is -0.115. The second kappa shape index (κ2) is 7.69. The zero-order valence-electron chi connectivity index (χ0n) is 12.4. The second-order valence-electron chi connectivity index (χ2n) is 4.87. The molecule has 2 N–H and O–H groups in total. The highest BCUT2D eigenvalue weighted by molar-refractivity contribution is 9.10. The first-order valence-corrected chi connectivity index (χ1v) is 7.69. The Labute approximate surface area is 142 Å². The maximum atomic E-state index is 11.9. The summed E-state index contributed by atoms with van der Waals surface area (Å²) < 4.78 is 0.792. The van der Waals surface area contributed by atoms with E-state index in [2.05, 4.69) is 26.6 Å². The summed E-state index contributed by atoms with van der Waals surface area (Å²) in [5.74, 6) is -0.707. The number of halogens is 1. The fourth-order valence-electron chi connectivity index (χ4n) is 1.89. The highest BCUT2D eigenvalue weighted by Crippen LogP contribution is 2.12. The Morgan fingerprint density at radius 2 is 1.70 bits per heavy atom. The van der Waals surface area contributed by atoms with Crippen molar-refractivity contribution in [1.29, 1.82) is 0 Å². The van der Waals surface area contributed by atoms with E-state index in [-0.39, 0.29) is 24.1 Å². The molecule has 0 saturated carbocycles. The van der Waals surface area contributed by atoms with E-state index in [4.69, 9.17) is 0 Å². The lowest BCUT2D eigenvalue weighted by Crippen LogP contribution is -2.32. The van der Waals surface area contributed by atoms with Gasteiger partial charge in [0.2, 0.25) is 5.91 Å². The third-order valence-electron chi connectivity index (χ3n) is 3.07. The van der Waals surface area contributed by atoms with Gasteiger partial charge in [-0.3, -0.25) is 14.4 Å². The van der Waals surface area contributed by atoms with Crippen LogP contribution in [0, 0.1) is 0 Å². The number of benzene rings is 2. The SMILES string of the molecule is CC(=O)c1ccc(NC(=O)CNC(=O)c2cccc(Br)c2)cc1. The minimum absolute atomic E-state index is 0.0378. The van der Waals surface area contributed by atoms with Crippen LogP contribution in [-0.4, -0.2) is 24.1 Å². The molecule has 118 valence electrons. The van der Waals surface area contributed by atoms with E-state index in [0.717, 1.165) is 4.47 Å². The predicted molar refractivity (Wildman–Crippen MR) is 91.6 cm³/mol. The van der Waals surface area contributed by atoms with Gasteiger partial charge in [-0.25, -0.2) is 0 Å². The zero-order chi connectivity index (χ0) is 16.8. The van der Waals surface area contributed by atoms with Crippen LogP contribution >= 0.6 is 15.9 Å². The summed E-state index contributed by atoms with van der Waals surface area (Å²) in [6, 6.07) is 13.5. The van der Waals surface area contributed by atoms with Crippen LogP contribution in [0.5, 0.6) is 0 Å². The van der Waals surface area contributed by atoms with Crippen molar-refractivity contribution in [2.24, 2.45) is 0 Å². The Morgan fingerprint density at radius 3 is 2.30 bits per heavy atom. The number of hydrogen-bond donors (Lipinski definition) is 2. The molecule has 23 heavy (non-hydrogen) atoms. The maximum absolute atomic E-state index is 11.9. The lowest BCUT2D eigenvalue weighted by Gasteiger charge is -2.07. The predicted octanol–water partition coefficient (Wildman–Crippen LogP) is 3.02. The molecule has 0 heterocycles. The maximum Gasteiger partial charge on any atom is 0.251 e. The van der Waals surface area contributed by atoms with Gasteiger partial charge < -0.3 is 10.6 Å². The Morgan fingerprint density at radius 1 is 1.00 bits per heavy atom. The first-order chi connectivity index (χ1) is 11.0. The molecule has 2 amide bonds. The molecular weight excluding hydrogens is 360 g/mol. The Kier molecular flexibility index (Phi) is 5.65. The summed E-state index contributed by atoms with van der Waals surface area (Å²) in [5, 5.41) is 5.20. The summed E-state index contributed by atoms with van der Waals surface area (Å²) in [6.45, 7) is 1.34. The Balaban J connectivity index is 1.87. The molecule has 0 aliphatic rings. The van der Waals surface area contributed by atoms with Gasteiger partial charge in [0.25, 0.3) is 5.91 Å². The van der Waals surface area contributed by atoms with Crippen LogP contribution < -0.4 is 10.6 Å². The smallest absolute Gasteiger partial charge is 0.251 e. The number of anilines is 1. The van der Waals surface area contributed by atoms with Crippen LogP contribution in [0.1, 0.15) is 27.6 Å². The van der Waals surface area contributed by atoms with Gasteiger partial charge in [-0.1, -0.05) is 22.0 Å². The number of ketones is 1. The summed E-state index contributed by atoms with van der Waals surface area (Å²) in [4.78, 5) is 34.9. The number of hydrogen-bond acceptors (Lipinski definition) is 3. The third kappa shape index (κ3) is 5.03. The number of Topliss-reactive ketones (excluding diaryl/α,β-unsaturated/α-hetero) is 1. The third-order valence-corrected chi connectivity index (χ3v) is 3.56. The van der Waals surface area contributed by atoms with Crippen molar-refractivity contribution in [1.82, 2.24) is 5.32 Å². The molecule has 2 aromatic rings. The summed E-state index contributed by atoms with van der Waals surface area (Å²) in [5.41, 5.74) is 1.61. The molecule has 5 nitrogen and oxygen atoms in total. The van der Waals surface area contributed by atoms with Gasteiger partial charge >= 0.3 is 0 Å². The molecule has 2 rings (SSSR count). The molecule has 0 saturated heterocycles. The van der Waals surface area contributed by atoms with Crippen LogP contribution in [0.15, 0.2) is 53.0 Å². The quantitative estimate of drug-likeness (QED) is 0.789.